The van der Waals surface area contributed by atoms with E-state index in [2.05, 4.69) is 11.2 Å². The summed E-state index contributed by atoms with van der Waals surface area (Å²) in [5.41, 5.74) is 0.668. The van der Waals surface area contributed by atoms with Gasteiger partial charge in [0, 0.05) is 22.1 Å². The first kappa shape index (κ1) is 10.7. The number of rotatable bonds is 3. The number of aromatic nitrogens is 2. The summed E-state index contributed by atoms with van der Waals surface area (Å²) in [6.07, 6.45) is 1.67. The van der Waals surface area contributed by atoms with E-state index in [-0.39, 0.29) is 5.78 Å². The monoisotopic (exact) mass is 262 g/mol. The summed E-state index contributed by atoms with van der Waals surface area (Å²) in [4.78, 5) is 13.1. The van der Waals surface area contributed by atoms with Crippen LogP contribution in [-0.4, -0.2) is 15.6 Å². The van der Waals surface area contributed by atoms with Crippen LogP contribution in [-0.2, 0) is 6.54 Å². The van der Waals surface area contributed by atoms with Crippen LogP contribution in [0.2, 0.25) is 0 Å². The van der Waals surface area contributed by atoms with Crippen molar-refractivity contribution in [1.29, 1.82) is 0 Å². The van der Waals surface area contributed by atoms with Gasteiger partial charge in [0.15, 0.2) is 0 Å². The average molecular weight is 262 g/mol. The Morgan fingerprint density at radius 3 is 3.06 bits per heavy atom. The Bertz CT molecular complexity index is 649. The Kier molecular flexibility index (Phi) is 2.57. The van der Waals surface area contributed by atoms with Crippen molar-refractivity contribution in [3.05, 3.63) is 40.3 Å². The smallest absolute Gasteiger partial charge is 0.220 e. The van der Waals surface area contributed by atoms with Gasteiger partial charge in [-0.2, -0.15) is 5.10 Å². The molecule has 3 aromatic rings. The molecule has 0 fully saturated rings. The zero-order valence-electron chi connectivity index (χ0n) is 9.21. The van der Waals surface area contributed by atoms with Crippen LogP contribution in [0.4, 0.5) is 0 Å². The van der Waals surface area contributed by atoms with Gasteiger partial charge >= 0.3 is 0 Å². The summed E-state index contributed by atoms with van der Waals surface area (Å²) in [5.74, 6) is 0.0674. The van der Waals surface area contributed by atoms with Crippen LogP contribution in [0.3, 0.4) is 0 Å². The highest BCUT2D eigenvalue weighted by atomic mass is 32.1. The fourth-order valence-corrected chi connectivity index (χ4v) is 3.84. The average Bonchev–Trinajstić information content (AvgIpc) is 3.02. The van der Waals surface area contributed by atoms with Crippen molar-refractivity contribution >= 4 is 37.9 Å². The molecule has 0 atom stereocenters. The topological polar surface area (TPSA) is 34.9 Å². The molecule has 3 nitrogen and oxygen atoms in total. The molecule has 17 heavy (non-hydrogen) atoms. The number of carbonyl (C=O) groups is 1. The minimum atomic E-state index is 0.0674. The summed E-state index contributed by atoms with van der Waals surface area (Å²) in [5, 5.41) is 6.17. The van der Waals surface area contributed by atoms with Crippen molar-refractivity contribution < 1.29 is 4.79 Å². The lowest BCUT2D eigenvalue weighted by Crippen LogP contribution is -2.09. The lowest BCUT2D eigenvalue weighted by molar-refractivity contribution is 0.103. The zero-order valence-corrected chi connectivity index (χ0v) is 10.8. The van der Waals surface area contributed by atoms with Crippen LogP contribution in [0.1, 0.15) is 22.3 Å². The molecule has 5 heteroatoms. The highest BCUT2D eigenvalue weighted by molar-refractivity contribution is 7.28. The Morgan fingerprint density at radius 2 is 2.29 bits per heavy atom. The van der Waals surface area contributed by atoms with Gasteiger partial charge in [-0.25, -0.2) is 0 Å². The molecule has 0 unspecified atom stereocenters. The molecule has 0 N–H and O–H groups in total. The second kappa shape index (κ2) is 4.09. The van der Waals surface area contributed by atoms with Crippen molar-refractivity contribution in [3.8, 4) is 0 Å². The predicted octanol–water partition coefficient (Wildman–Crippen LogP) is 3.41. The van der Waals surface area contributed by atoms with Crippen LogP contribution in [0.5, 0.6) is 0 Å². The van der Waals surface area contributed by atoms with E-state index in [0.717, 1.165) is 4.88 Å². The van der Waals surface area contributed by atoms with Crippen molar-refractivity contribution in [2.75, 3.05) is 0 Å². The number of aryl methyl sites for hydroxylation is 1. The standard InChI is InChI=1S/C12H10N2OS2/c1-2-14-8(3-5-13-14)12(15)11-7-10-9(17-11)4-6-16-10/h3-7H,2H2,1H3. The molecular weight excluding hydrogens is 252 g/mol. The lowest BCUT2D eigenvalue weighted by Gasteiger charge is -2.01. The molecule has 0 aliphatic carbocycles. The Labute approximate surface area is 106 Å². The maximum Gasteiger partial charge on any atom is 0.220 e. The van der Waals surface area contributed by atoms with Gasteiger partial charge in [-0.05, 0) is 30.5 Å². The maximum absolute atomic E-state index is 12.3. The highest BCUT2D eigenvalue weighted by Gasteiger charge is 2.16. The summed E-state index contributed by atoms with van der Waals surface area (Å²) < 4.78 is 4.10. The number of ketones is 1. The first-order valence-electron chi connectivity index (χ1n) is 5.33. The van der Waals surface area contributed by atoms with Crippen LogP contribution < -0.4 is 0 Å². The molecule has 3 heterocycles. The molecule has 0 aliphatic rings. The van der Waals surface area contributed by atoms with E-state index in [4.69, 9.17) is 0 Å². The molecule has 0 saturated carbocycles. The minimum absolute atomic E-state index is 0.0674. The highest BCUT2D eigenvalue weighted by Crippen LogP contribution is 2.31. The van der Waals surface area contributed by atoms with Gasteiger partial charge in [0.2, 0.25) is 5.78 Å². The van der Waals surface area contributed by atoms with Crippen molar-refractivity contribution in [2.45, 2.75) is 13.5 Å². The fourth-order valence-electron chi connectivity index (χ4n) is 1.78. The van der Waals surface area contributed by atoms with Gasteiger partial charge in [-0.1, -0.05) is 0 Å². The van der Waals surface area contributed by atoms with E-state index in [1.165, 1.54) is 9.40 Å². The second-order valence-electron chi connectivity index (χ2n) is 3.62. The summed E-state index contributed by atoms with van der Waals surface area (Å²) in [7, 11) is 0. The summed E-state index contributed by atoms with van der Waals surface area (Å²) in [6, 6.07) is 5.80. The van der Waals surface area contributed by atoms with Gasteiger partial charge in [-0.3, -0.25) is 9.48 Å². The molecule has 0 saturated heterocycles. The van der Waals surface area contributed by atoms with Crippen molar-refractivity contribution in [2.24, 2.45) is 0 Å². The Morgan fingerprint density at radius 1 is 1.41 bits per heavy atom. The third-order valence-electron chi connectivity index (χ3n) is 2.61. The van der Waals surface area contributed by atoms with E-state index >= 15 is 0 Å². The Hall–Kier alpha value is -1.46. The second-order valence-corrected chi connectivity index (χ2v) is 5.65. The molecule has 86 valence electrons. The van der Waals surface area contributed by atoms with E-state index in [1.807, 2.05) is 18.4 Å². The van der Waals surface area contributed by atoms with Crippen LogP contribution in [0.25, 0.3) is 9.40 Å². The predicted molar refractivity (Wildman–Crippen MR) is 71.0 cm³/mol. The third kappa shape index (κ3) is 1.71. The van der Waals surface area contributed by atoms with Gasteiger partial charge in [-0.15, -0.1) is 22.7 Å². The molecule has 3 rings (SSSR count). The SMILES string of the molecule is CCn1nccc1C(=O)c1cc2sccc2s1. The molecular formula is C12H10N2OS2. The lowest BCUT2D eigenvalue weighted by atomic mass is 10.2. The van der Waals surface area contributed by atoms with E-state index in [9.17, 15) is 4.79 Å². The van der Waals surface area contributed by atoms with Crippen LogP contribution in [0.15, 0.2) is 29.8 Å². The van der Waals surface area contributed by atoms with Gasteiger partial charge in [0.25, 0.3) is 0 Å². The fraction of sp³-hybridized carbons (Fsp3) is 0.167. The van der Waals surface area contributed by atoms with E-state index < -0.39 is 0 Å². The molecule has 0 aliphatic heterocycles. The van der Waals surface area contributed by atoms with Crippen molar-refractivity contribution in [1.82, 2.24) is 9.78 Å². The van der Waals surface area contributed by atoms with E-state index in [0.29, 0.717) is 12.2 Å². The largest absolute Gasteiger partial charge is 0.286 e. The Balaban J connectivity index is 2.04. The number of hydrogen-bond acceptors (Lipinski definition) is 4. The van der Waals surface area contributed by atoms with Crippen LogP contribution in [0, 0.1) is 0 Å². The molecule has 0 spiro atoms. The van der Waals surface area contributed by atoms with Gasteiger partial charge < -0.3 is 0 Å². The minimum Gasteiger partial charge on any atom is -0.286 e. The van der Waals surface area contributed by atoms with Crippen LogP contribution >= 0.6 is 22.7 Å². The number of fused-ring (bicyclic) bond motifs is 1. The summed E-state index contributed by atoms with van der Waals surface area (Å²) in [6.45, 7) is 2.70. The number of thiophene rings is 2. The molecule has 0 amide bonds. The molecule has 3 aromatic heterocycles. The molecule has 0 radical (unpaired) electrons. The summed E-state index contributed by atoms with van der Waals surface area (Å²) >= 11 is 3.22. The van der Waals surface area contributed by atoms with Gasteiger partial charge in [0.05, 0.1) is 4.88 Å². The number of hydrogen-bond donors (Lipinski definition) is 0. The molecule has 0 aromatic carbocycles. The third-order valence-corrected chi connectivity index (χ3v) is 4.70. The zero-order chi connectivity index (χ0) is 11.8. The quantitative estimate of drug-likeness (QED) is 0.678. The first-order valence-corrected chi connectivity index (χ1v) is 7.02. The first-order chi connectivity index (χ1) is 8.29. The van der Waals surface area contributed by atoms with Crippen molar-refractivity contribution in [3.63, 3.8) is 0 Å². The van der Waals surface area contributed by atoms with Gasteiger partial charge in [0.1, 0.15) is 5.69 Å². The molecule has 0 bridgehead atoms. The number of nitrogens with zero attached hydrogens (tertiary/aromatic N) is 2. The normalized spacial score (nSPS) is 11.1. The maximum atomic E-state index is 12.3. The number of carbonyl (C=O) groups excluding carboxylic acids is 1. The van der Waals surface area contributed by atoms with E-state index in [1.54, 1.807) is 39.6 Å².